The summed E-state index contributed by atoms with van der Waals surface area (Å²) in [4.78, 5) is 136. The number of phenols is 2. The minimum atomic E-state index is -1.61. The molecule has 0 fully saturated rings. The molecular formula is C48H73N13O14S3. The van der Waals surface area contributed by atoms with E-state index in [4.69, 9.17) is 22.9 Å². The summed E-state index contributed by atoms with van der Waals surface area (Å²) in [6.45, 7) is -0.494. The maximum absolute atomic E-state index is 14.1. The number of aliphatic carboxylic acids is 2. The second kappa shape index (κ2) is 36.1. The number of benzene rings is 2. The van der Waals surface area contributed by atoms with Crippen molar-refractivity contribution in [3.05, 3.63) is 59.7 Å². The Bertz CT molecular complexity index is 2350. The van der Waals surface area contributed by atoms with Crippen molar-refractivity contribution in [2.45, 2.75) is 113 Å². The highest BCUT2D eigenvalue weighted by molar-refractivity contribution is 7.98. The average molecular weight is 1150 g/mol. The molecule has 0 saturated carbocycles. The van der Waals surface area contributed by atoms with Crippen LogP contribution in [0.15, 0.2) is 53.5 Å². The first kappa shape index (κ1) is 67.1. The number of carboxylic acids is 2. The van der Waals surface area contributed by atoms with Crippen LogP contribution in [0.3, 0.4) is 0 Å². The lowest BCUT2D eigenvalue weighted by atomic mass is 10.0. The molecule has 0 aromatic heterocycles. The number of nitrogens with one attached hydrogen (secondary N) is 8. The first-order valence-corrected chi connectivity index (χ1v) is 27.3. The quantitative estimate of drug-likeness (QED) is 0.0135. The van der Waals surface area contributed by atoms with Crippen LogP contribution < -0.4 is 65.5 Å². The van der Waals surface area contributed by atoms with E-state index >= 15 is 0 Å². The zero-order valence-corrected chi connectivity index (χ0v) is 45.6. The minimum Gasteiger partial charge on any atom is -0.508 e. The van der Waals surface area contributed by atoms with Crippen molar-refractivity contribution >= 4 is 102 Å². The van der Waals surface area contributed by atoms with Gasteiger partial charge in [-0.15, -0.1) is 0 Å². The van der Waals surface area contributed by atoms with Gasteiger partial charge in [0.15, 0.2) is 5.96 Å². The van der Waals surface area contributed by atoms with Crippen LogP contribution >= 0.6 is 37.0 Å². The van der Waals surface area contributed by atoms with Gasteiger partial charge < -0.3 is 85.9 Å². The van der Waals surface area contributed by atoms with Crippen LogP contribution in [0.4, 0.5) is 0 Å². The molecule has 27 nitrogen and oxygen atoms in total. The number of hydrogen-bond acceptors (Lipinski definition) is 18. The van der Waals surface area contributed by atoms with E-state index in [1.54, 1.807) is 18.4 Å². The van der Waals surface area contributed by atoms with Gasteiger partial charge in [-0.2, -0.15) is 37.0 Å². The molecule has 0 aliphatic carbocycles. The van der Waals surface area contributed by atoms with Crippen molar-refractivity contribution in [1.82, 2.24) is 42.5 Å². The smallest absolute Gasteiger partial charge is 0.326 e. The Morgan fingerprint density at radius 2 is 1.00 bits per heavy atom. The van der Waals surface area contributed by atoms with Gasteiger partial charge in [0, 0.05) is 30.9 Å². The molecule has 0 spiro atoms. The van der Waals surface area contributed by atoms with Gasteiger partial charge in [0.2, 0.25) is 47.3 Å². The molecule has 2 aromatic rings. The SMILES string of the molecule is CSCCC(NC(=O)C(CCC(=O)O)NC(=O)C(CCCCN)NC(=O)C(CCCN=C(N)N)NC(=O)C(CS)NC(=O)C(N)Cc1ccc(O)cc1)C(=O)NCC(=O)NC(CS)C(=O)NC(Cc1ccc(O)cc1)C(=O)O. The summed E-state index contributed by atoms with van der Waals surface area (Å²) in [6.07, 6.45) is 1.13. The third kappa shape index (κ3) is 25.9. The topological polar surface area (TPSA) is 464 Å². The number of carboxylic acid groups (broad SMARTS) is 2. The summed E-state index contributed by atoms with van der Waals surface area (Å²) >= 11 is 9.62. The molecule has 432 valence electrons. The van der Waals surface area contributed by atoms with Gasteiger partial charge in [0.25, 0.3) is 0 Å². The molecule has 2 rings (SSSR count). The normalized spacial score (nSPS) is 14.0. The van der Waals surface area contributed by atoms with Crippen LogP contribution in [0.25, 0.3) is 0 Å². The first-order valence-electron chi connectivity index (χ1n) is 24.6. The fraction of sp³-hybridized carbons (Fsp3) is 0.521. The molecule has 0 saturated heterocycles. The van der Waals surface area contributed by atoms with Crippen LogP contribution in [0, 0.1) is 0 Å². The molecule has 0 bridgehead atoms. The lowest BCUT2D eigenvalue weighted by Crippen LogP contribution is -2.60. The number of thiol groups is 2. The summed E-state index contributed by atoms with van der Waals surface area (Å²) < 4.78 is 0. The molecule has 78 heavy (non-hydrogen) atoms. The number of thioether (sulfide) groups is 1. The highest BCUT2D eigenvalue weighted by atomic mass is 32.2. The molecule has 8 atom stereocenters. The summed E-state index contributed by atoms with van der Waals surface area (Å²) in [7, 11) is 0. The van der Waals surface area contributed by atoms with Gasteiger partial charge in [0.1, 0.15) is 53.8 Å². The highest BCUT2D eigenvalue weighted by Gasteiger charge is 2.34. The van der Waals surface area contributed by atoms with E-state index in [2.05, 4.69) is 72.8 Å². The summed E-state index contributed by atoms with van der Waals surface area (Å²) in [5, 5.41) is 58.2. The Balaban J connectivity index is 2.27. The van der Waals surface area contributed by atoms with Crippen LogP contribution in [-0.2, 0) is 60.8 Å². The average Bonchev–Trinajstić information content (AvgIpc) is 3.39. The number of unbranched alkanes of at least 4 members (excludes halogenated alkanes) is 1. The number of amides is 8. The van der Waals surface area contributed by atoms with E-state index in [-0.39, 0.29) is 87.0 Å². The Labute approximate surface area is 466 Å². The fourth-order valence-electron chi connectivity index (χ4n) is 7.19. The van der Waals surface area contributed by atoms with Crippen molar-refractivity contribution in [2.75, 3.05) is 43.1 Å². The standard InChI is InChI=1S/C48H73N13O14S3/c1-78-20-17-34(41(68)54-23-38(64)55-36(24-76)45(72)60-35(47(74)75)22-27-9-13-29(63)14-10-27)59-44(71)33(15-16-39(65)66)58-42(69)31(5-2-3-18-49)56-43(70)32(6-4-19-53-48(51)52)57-46(73)37(25-77)61-40(67)30(50)21-26-7-11-28(62)12-8-26/h7-14,30-37,62-63,76-77H,2-6,15-25,49-50H2,1H3,(H,54,68)(H,55,64)(H,56,70)(H,57,73)(H,58,69)(H,59,71)(H,60,72)(H,61,67)(H,65,66)(H,74,75)(H4,51,52,53). The molecule has 20 N–H and O–H groups in total. The number of aliphatic imine (C=N–C) groups is 1. The zero-order chi connectivity index (χ0) is 58.3. The summed E-state index contributed by atoms with van der Waals surface area (Å²) in [5.74, 6) is -10.2. The molecule has 8 amide bonds. The molecule has 30 heteroatoms. The summed E-state index contributed by atoms with van der Waals surface area (Å²) in [5.41, 5.74) is 23.9. The number of hydrogen-bond donors (Lipinski definition) is 18. The Hall–Kier alpha value is -7.02. The molecular weight excluding hydrogens is 1080 g/mol. The number of carbonyl (C=O) groups is 10. The van der Waals surface area contributed by atoms with Crippen molar-refractivity contribution in [3.8, 4) is 11.5 Å². The second-order valence-electron chi connectivity index (χ2n) is 17.7. The highest BCUT2D eigenvalue weighted by Crippen LogP contribution is 2.14. The third-order valence-electron chi connectivity index (χ3n) is 11.5. The lowest BCUT2D eigenvalue weighted by molar-refractivity contribution is -0.142. The first-order chi connectivity index (χ1) is 37.0. The number of guanidine groups is 1. The zero-order valence-electron chi connectivity index (χ0n) is 43.0. The number of aromatic hydroxyl groups is 2. The van der Waals surface area contributed by atoms with Gasteiger partial charge in [-0.3, -0.25) is 48.1 Å². The maximum atomic E-state index is 14.1. The van der Waals surface area contributed by atoms with Gasteiger partial charge >= 0.3 is 11.9 Å². The number of carbonyl (C=O) groups excluding carboxylic acids is 8. The van der Waals surface area contributed by atoms with Crippen LogP contribution in [0.2, 0.25) is 0 Å². The Morgan fingerprint density at radius 3 is 1.46 bits per heavy atom. The van der Waals surface area contributed by atoms with Crippen molar-refractivity contribution in [3.63, 3.8) is 0 Å². The number of nitrogens with two attached hydrogens (primary N) is 4. The van der Waals surface area contributed by atoms with Gasteiger partial charge in [0.05, 0.1) is 12.6 Å². The molecule has 0 aliphatic heterocycles. The van der Waals surface area contributed by atoms with Crippen LogP contribution in [0.1, 0.15) is 62.5 Å². The van der Waals surface area contributed by atoms with E-state index in [1.807, 2.05) is 0 Å². The molecule has 2 aromatic carbocycles. The van der Waals surface area contributed by atoms with E-state index in [0.29, 0.717) is 23.3 Å². The predicted molar refractivity (Wildman–Crippen MR) is 296 cm³/mol. The molecule has 8 unspecified atom stereocenters. The van der Waals surface area contributed by atoms with Crippen molar-refractivity contribution < 1.29 is 68.4 Å². The second-order valence-corrected chi connectivity index (χ2v) is 19.4. The summed E-state index contributed by atoms with van der Waals surface area (Å²) in [6, 6.07) is 0.685. The van der Waals surface area contributed by atoms with Crippen LogP contribution in [-0.4, -0.2) is 177 Å². The van der Waals surface area contributed by atoms with E-state index < -0.39 is 127 Å². The van der Waals surface area contributed by atoms with Crippen molar-refractivity contribution in [1.29, 1.82) is 0 Å². The molecule has 0 radical (unpaired) electrons. The molecule has 0 heterocycles. The Kier molecular flexibility index (Phi) is 31.1. The van der Waals surface area contributed by atoms with Crippen molar-refractivity contribution in [2.24, 2.45) is 27.9 Å². The molecule has 0 aliphatic rings. The lowest BCUT2D eigenvalue weighted by Gasteiger charge is -2.27. The number of phenolic OH excluding ortho intramolecular Hbond substituents is 2. The van der Waals surface area contributed by atoms with Gasteiger partial charge in [-0.1, -0.05) is 24.3 Å². The van der Waals surface area contributed by atoms with E-state index in [9.17, 15) is 68.4 Å². The predicted octanol–water partition coefficient (Wildman–Crippen LogP) is -3.54. The van der Waals surface area contributed by atoms with Crippen LogP contribution in [0.5, 0.6) is 11.5 Å². The van der Waals surface area contributed by atoms with Gasteiger partial charge in [-0.05, 0) is 105 Å². The third-order valence-corrected chi connectivity index (χ3v) is 12.8. The largest absolute Gasteiger partial charge is 0.508 e. The Morgan fingerprint density at radius 1 is 0.564 bits per heavy atom. The fourth-order valence-corrected chi connectivity index (χ4v) is 8.17. The number of nitrogens with zero attached hydrogens (tertiary/aromatic N) is 1. The van der Waals surface area contributed by atoms with Gasteiger partial charge in [-0.25, -0.2) is 4.79 Å². The van der Waals surface area contributed by atoms with E-state index in [1.165, 1.54) is 48.2 Å². The van der Waals surface area contributed by atoms with E-state index in [0.717, 1.165) is 0 Å². The maximum Gasteiger partial charge on any atom is 0.326 e. The monoisotopic (exact) mass is 1150 g/mol. The number of rotatable bonds is 37. The minimum absolute atomic E-state index is 0.0115.